The van der Waals surface area contributed by atoms with Gasteiger partial charge in [0, 0.05) is 18.2 Å². The van der Waals surface area contributed by atoms with Gasteiger partial charge < -0.3 is 10.0 Å². The SMILES string of the molecule is Cc1cc(C(=O)N(C[C@H](C)C(=O)O)C2CC2)ccc1F. The van der Waals surface area contributed by atoms with Gasteiger partial charge in [-0.15, -0.1) is 0 Å². The molecule has 1 amide bonds. The van der Waals surface area contributed by atoms with Crippen molar-refractivity contribution in [1.29, 1.82) is 0 Å². The third kappa shape index (κ3) is 3.15. The van der Waals surface area contributed by atoms with E-state index in [1.807, 2.05) is 0 Å². The Kier molecular flexibility index (Phi) is 4.06. The summed E-state index contributed by atoms with van der Waals surface area (Å²) in [5.74, 6) is -2.10. The van der Waals surface area contributed by atoms with Crippen LogP contribution in [0.1, 0.15) is 35.7 Å². The Balaban J connectivity index is 2.18. The van der Waals surface area contributed by atoms with E-state index in [0.29, 0.717) is 11.1 Å². The van der Waals surface area contributed by atoms with Gasteiger partial charge in [0.2, 0.25) is 0 Å². The number of benzene rings is 1. The second-order valence-electron chi connectivity index (χ2n) is 5.39. The van der Waals surface area contributed by atoms with Crippen LogP contribution in [0, 0.1) is 18.7 Å². The van der Waals surface area contributed by atoms with Crippen molar-refractivity contribution in [3.8, 4) is 0 Å². The van der Waals surface area contributed by atoms with E-state index < -0.39 is 11.9 Å². The number of amides is 1. The zero-order chi connectivity index (χ0) is 14.9. The number of rotatable bonds is 5. The molecule has 0 unspecified atom stereocenters. The molecular formula is C15H18FNO3. The van der Waals surface area contributed by atoms with Crippen molar-refractivity contribution in [1.82, 2.24) is 4.90 Å². The van der Waals surface area contributed by atoms with E-state index in [9.17, 15) is 14.0 Å². The molecule has 0 aliphatic heterocycles. The fourth-order valence-corrected chi connectivity index (χ4v) is 2.10. The summed E-state index contributed by atoms with van der Waals surface area (Å²) >= 11 is 0. The molecule has 5 heteroatoms. The second-order valence-corrected chi connectivity index (χ2v) is 5.39. The van der Waals surface area contributed by atoms with Crippen LogP contribution < -0.4 is 0 Å². The summed E-state index contributed by atoms with van der Waals surface area (Å²) in [4.78, 5) is 25.0. The molecule has 1 saturated carbocycles. The summed E-state index contributed by atoms with van der Waals surface area (Å²) in [5.41, 5.74) is 0.825. The maximum absolute atomic E-state index is 13.2. The molecule has 1 aliphatic carbocycles. The first-order chi connectivity index (χ1) is 9.40. The molecule has 0 saturated heterocycles. The Morgan fingerprint density at radius 1 is 1.45 bits per heavy atom. The lowest BCUT2D eigenvalue weighted by Crippen LogP contribution is -2.38. The van der Waals surface area contributed by atoms with E-state index in [4.69, 9.17) is 5.11 Å². The largest absolute Gasteiger partial charge is 0.481 e. The molecule has 1 aliphatic rings. The van der Waals surface area contributed by atoms with Gasteiger partial charge >= 0.3 is 5.97 Å². The molecule has 4 nitrogen and oxygen atoms in total. The van der Waals surface area contributed by atoms with Crippen molar-refractivity contribution in [2.45, 2.75) is 32.7 Å². The van der Waals surface area contributed by atoms with Crippen LogP contribution in [-0.4, -0.2) is 34.5 Å². The second kappa shape index (κ2) is 5.61. The molecule has 0 radical (unpaired) electrons. The highest BCUT2D eigenvalue weighted by atomic mass is 19.1. The van der Waals surface area contributed by atoms with Gasteiger partial charge in [0.05, 0.1) is 5.92 Å². The number of carbonyl (C=O) groups is 2. The normalized spacial score (nSPS) is 15.8. The number of aliphatic carboxylic acids is 1. The third-order valence-corrected chi connectivity index (χ3v) is 3.55. The van der Waals surface area contributed by atoms with Crippen LogP contribution in [0.25, 0.3) is 0 Å². The topological polar surface area (TPSA) is 57.6 Å². The van der Waals surface area contributed by atoms with Crippen LogP contribution in [0.4, 0.5) is 4.39 Å². The van der Waals surface area contributed by atoms with Gasteiger partial charge in [-0.05, 0) is 43.5 Å². The number of nitrogens with zero attached hydrogens (tertiary/aromatic N) is 1. The number of carboxylic acid groups (broad SMARTS) is 1. The lowest BCUT2D eigenvalue weighted by Gasteiger charge is -2.24. The van der Waals surface area contributed by atoms with E-state index in [-0.39, 0.29) is 24.3 Å². The monoisotopic (exact) mass is 279 g/mol. The first-order valence-corrected chi connectivity index (χ1v) is 6.70. The number of hydrogen-bond donors (Lipinski definition) is 1. The predicted molar refractivity (Wildman–Crippen MR) is 72.0 cm³/mol. The molecule has 1 atom stereocenters. The summed E-state index contributed by atoms with van der Waals surface area (Å²) in [6.07, 6.45) is 1.80. The zero-order valence-electron chi connectivity index (χ0n) is 11.6. The van der Waals surface area contributed by atoms with E-state index in [1.54, 1.807) is 18.7 Å². The Morgan fingerprint density at radius 2 is 2.10 bits per heavy atom. The smallest absolute Gasteiger partial charge is 0.308 e. The summed E-state index contributed by atoms with van der Waals surface area (Å²) in [6, 6.07) is 4.35. The van der Waals surface area contributed by atoms with E-state index in [0.717, 1.165) is 12.8 Å². The number of carbonyl (C=O) groups excluding carboxylic acids is 1. The summed E-state index contributed by atoms with van der Waals surface area (Å²) in [7, 11) is 0. The van der Waals surface area contributed by atoms with Crippen molar-refractivity contribution >= 4 is 11.9 Å². The molecule has 1 aromatic carbocycles. The maximum Gasteiger partial charge on any atom is 0.308 e. The van der Waals surface area contributed by atoms with Gasteiger partial charge in [0.1, 0.15) is 5.82 Å². The lowest BCUT2D eigenvalue weighted by atomic mass is 10.1. The molecule has 20 heavy (non-hydrogen) atoms. The van der Waals surface area contributed by atoms with E-state index in [1.165, 1.54) is 18.2 Å². The van der Waals surface area contributed by atoms with Gasteiger partial charge in [-0.2, -0.15) is 0 Å². The number of carboxylic acids is 1. The molecule has 108 valence electrons. The Hall–Kier alpha value is -1.91. The van der Waals surface area contributed by atoms with Gasteiger partial charge in [-0.25, -0.2) is 4.39 Å². The predicted octanol–water partition coefficient (Wildman–Crippen LogP) is 2.46. The van der Waals surface area contributed by atoms with Crippen LogP contribution in [0.2, 0.25) is 0 Å². The zero-order valence-corrected chi connectivity index (χ0v) is 11.6. The number of hydrogen-bond acceptors (Lipinski definition) is 2. The van der Waals surface area contributed by atoms with E-state index >= 15 is 0 Å². The minimum Gasteiger partial charge on any atom is -0.481 e. The number of aryl methyl sites for hydroxylation is 1. The third-order valence-electron chi connectivity index (χ3n) is 3.55. The van der Waals surface area contributed by atoms with E-state index in [2.05, 4.69) is 0 Å². The quantitative estimate of drug-likeness (QED) is 0.900. The van der Waals surface area contributed by atoms with Crippen molar-refractivity contribution in [3.63, 3.8) is 0 Å². The average molecular weight is 279 g/mol. The fraction of sp³-hybridized carbons (Fsp3) is 0.467. The fourth-order valence-electron chi connectivity index (χ4n) is 2.10. The maximum atomic E-state index is 13.2. The minimum absolute atomic E-state index is 0.120. The van der Waals surface area contributed by atoms with Crippen LogP contribution >= 0.6 is 0 Å². The molecule has 1 N–H and O–H groups in total. The molecule has 1 fully saturated rings. The molecule has 0 heterocycles. The standard InChI is InChI=1S/C15H18FNO3/c1-9-7-11(3-6-13(9)16)14(18)17(12-4-5-12)8-10(2)15(19)20/h3,6-7,10,12H,4-5,8H2,1-2H3,(H,19,20)/t10-/m0/s1. The minimum atomic E-state index is -0.918. The van der Waals surface area contributed by atoms with Gasteiger partial charge in [0.15, 0.2) is 0 Å². The molecule has 0 aromatic heterocycles. The highest BCUT2D eigenvalue weighted by molar-refractivity contribution is 5.95. The summed E-state index contributed by atoms with van der Waals surface area (Å²) in [5, 5.41) is 8.98. The van der Waals surface area contributed by atoms with Crippen molar-refractivity contribution in [3.05, 3.63) is 35.1 Å². The molecule has 2 rings (SSSR count). The first-order valence-electron chi connectivity index (χ1n) is 6.70. The van der Waals surface area contributed by atoms with Gasteiger partial charge in [0.25, 0.3) is 5.91 Å². The molecular weight excluding hydrogens is 261 g/mol. The van der Waals surface area contributed by atoms with Crippen LogP contribution in [0.15, 0.2) is 18.2 Å². The molecule has 0 spiro atoms. The van der Waals surface area contributed by atoms with Crippen LogP contribution in [0.5, 0.6) is 0 Å². The first kappa shape index (κ1) is 14.5. The Labute approximate surface area is 117 Å². The highest BCUT2D eigenvalue weighted by Gasteiger charge is 2.35. The lowest BCUT2D eigenvalue weighted by molar-refractivity contribution is -0.141. The Bertz CT molecular complexity index is 540. The van der Waals surface area contributed by atoms with Crippen LogP contribution in [-0.2, 0) is 4.79 Å². The van der Waals surface area contributed by atoms with Crippen LogP contribution in [0.3, 0.4) is 0 Å². The van der Waals surface area contributed by atoms with Crippen molar-refractivity contribution in [2.75, 3.05) is 6.54 Å². The van der Waals surface area contributed by atoms with Gasteiger partial charge in [-0.3, -0.25) is 9.59 Å². The molecule has 1 aromatic rings. The Morgan fingerprint density at radius 3 is 2.60 bits per heavy atom. The number of halogens is 1. The van der Waals surface area contributed by atoms with Crippen molar-refractivity contribution in [2.24, 2.45) is 5.92 Å². The average Bonchev–Trinajstić information content (AvgIpc) is 3.22. The highest BCUT2D eigenvalue weighted by Crippen LogP contribution is 2.29. The summed E-state index contributed by atoms with van der Waals surface area (Å²) in [6.45, 7) is 3.38. The van der Waals surface area contributed by atoms with Gasteiger partial charge in [-0.1, -0.05) is 6.92 Å². The molecule has 0 bridgehead atoms. The van der Waals surface area contributed by atoms with Crippen molar-refractivity contribution < 1.29 is 19.1 Å². The summed E-state index contributed by atoms with van der Waals surface area (Å²) < 4.78 is 13.2.